The van der Waals surface area contributed by atoms with Gasteiger partial charge in [-0.15, -0.1) is 0 Å². The lowest BCUT2D eigenvalue weighted by molar-refractivity contribution is 0.251. The molecule has 0 aromatic heterocycles. The molecule has 10 heteroatoms. The number of hydrogen-bond acceptors (Lipinski definition) is 2. The minimum absolute atomic E-state index is 0.363. The summed E-state index contributed by atoms with van der Waals surface area (Å²) in [5.74, 6) is 5.29. The van der Waals surface area contributed by atoms with Gasteiger partial charge in [-0.05, 0) is 75.0 Å². The molecule has 0 spiro atoms. The smallest absolute Gasteiger partial charge is 0.221 e. The highest BCUT2D eigenvalue weighted by molar-refractivity contribution is 5.95. The van der Waals surface area contributed by atoms with Gasteiger partial charge in [0.25, 0.3) is 0 Å². The molecule has 0 atom stereocenters. The first kappa shape index (κ1) is 37.9. The fraction of sp³-hybridized carbons (Fsp3) is 0.889. The second-order valence-electron chi connectivity index (χ2n) is 15.5. The Hall–Kier alpha value is -2.52. The normalized spacial score (nSPS) is 18.7. The lowest BCUT2D eigenvalue weighted by Gasteiger charge is -2.37. The third-order valence-electron chi connectivity index (χ3n) is 9.54. The predicted octanol–water partition coefficient (Wildman–Crippen LogP) is 6.17. The molecule has 0 radical (unpaired) electrons. The summed E-state index contributed by atoms with van der Waals surface area (Å²) in [4.78, 5) is 24.1. The monoisotopic (exact) mass is 643 g/mol. The third-order valence-corrected chi connectivity index (χ3v) is 9.54. The van der Waals surface area contributed by atoms with Crippen molar-refractivity contribution in [2.75, 3.05) is 78.5 Å². The molecule has 0 aromatic rings. The van der Waals surface area contributed by atoms with Crippen LogP contribution in [0, 0.1) is 34.5 Å². The topological polar surface area (TPSA) is 91.9 Å². The Kier molecular flexibility index (Phi) is 15.9. The van der Waals surface area contributed by atoms with Crippen LogP contribution in [-0.2, 0) is 0 Å². The van der Waals surface area contributed by atoms with E-state index >= 15 is 0 Å². The number of guanidine groups is 4. The molecule has 3 aliphatic rings. The van der Waals surface area contributed by atoms with Crippen LogP contribution in [0.25, 0.3) is 0 Å². The van der Waals surface area contributed by atoms with Gasteiger partial charge in [0.1, 0.15) is 0 Å². The molecule has 3 rings (SSSR count). The van der Waals surface area contributed by atoms with E-state index in [4.69, 9.17) is 20.8 Å². The molecule has 2 N–H and O–H groups in total. The Bertz CT molecular complexity index is 853. The van der Waals surface area contributed by atoms with Crippen molar-refractivity contribution in [3.63, 3.8) is 0 Å². The second-order valence-corrected chi connectivity index (χ2v) is 15.5. The van der Waals surface area contributed by atoms with E-state index in [1.165, 1.54) is 25.7 Å². The summed E-state index contributed by atoms with van der Waals surface area (Å²) >= 11 is 0. The first-order valence-corrected chi connectivity index (χ1v) is 18.8. The number of aliphatic imine (C=N–C) groups is 2. The highest BCUT2D eigenvalue weighted by Crippen LogP contribution is 2.18. The third kappa shape index (κ3) is 12.6. The van der Waals surface area contributed by atoms with E-state index in [0.717, 1.165) is 90.0 Å². The Morgan fingerprint density at radius 3 is 0.913 bits per heavy atom. The molecule has 0 amide bonds. The van der Waals surface area contributed by atoms with Crippen molar-refractivity contribution in [2.45, 2.75) is 107 Å². The number of rotatable bonds is 12. The summed E-state index contributed by atoms with van der Waals surface area (Å²) in [7, 11) is 0. The zero-order valence-corrected chi connectivity index (χ0v) is 31.0. The van der Waals surface area contributed by atoms with Crippen LogP contribution in [0.2, 0.25) is 0 Å². The molecule has 0 saturated carbocycles. The van der Waals surface area contributed by atoms with Crippen LogP contribution in [0.4, 0.5) is 0 Å². The maximum absolute atomic E-state index is 9.09. The second kappa shape index (κ2) is 19.3. The molecule has 0 unspecified atom stereocenters. The molecular formula is C36H70N10. The maximum atomic E-state index is 9.09. The fourth-order valence-corrected chi connectivity index (χ4v) is 6.26. The van der Waals surface area contributed by atoms with Crippen LogP contribution in [-0.4, -0.2) is 132 Å². The van der Waals surface area contributed by atoms with Crippen LogP contribution in [0.3, 0.4) is 0 Å². The van der Waals surface area contributed by atoms with Gasteiger partial charge in [-0.2, -0.15) is 9.98 Å². The number of nitrogens with zero attached hydrogens (tertiary/aromatic N) is 8. The van der Waals surface area contributed by atoms with Crippen molar-refractivity contribution in [1.29, 1.82) is 10.8 Å². The van der Waals surface area contributed by atoms with Crippen LogP contribution in [0.1, 0.15) is 107 Å². The highest BCUT2D eigenvalue weighted by Gasteiger charge is 2.28. The SMILES string of the molecule is CC(C)CCN1CCCCN(CCC(C)C)C1=NC(=N)N1CCN(C(=N)N=C2N(CCC(C)C)CCCCN2CCC(C)C)CC1. The predicted molar refractivity (Wildman–Crippen MR) is 196 cm³/mol. The summed E-state index contributed by atoms with van der Waals surface area (Å²) in [5, 5.41) is 18.2. The molecule has 3 saturated heterocycles. The van der Waals surface area contributed by atoms with Crippen molar-refractivity contribution in [3.8, 4) is 0 Å². The standard InChI is InChI=1S/C36H70N10/c1-29(2)13-21-43-17-9-10-18-44(22-14-30(3)4)35(43)39-33(37)41-25-27-42(28-26-41)34(38)40-36-45(23-15-31(5)6)19-11-12-20-46(36)24-16-32(7)8/h29-32,37-38H,9-28H2,1-8H3. The van der Waals surface area contributed by atoms with Gasteiger partial charge >= 0.3 is 0 Å². The quantitative estimate of drug-likeness (QED) is 0.196. The summed E-state index contributed by atoms with van der Waals surface area (Å²) in [6, 6.07) is 0. The van der Waals surface area contributed by atoms with Crippen LogP contribution < -0.4 is 0 Å². The molecule has 0 aromatic carbocycles. The van der Waals surface area contributed by atoms with E-state index in [0.29, 0.717) is 61.8 Å². The highest BCUT2D eigenvalue weighted by atomic mass is 15.4. The van der Waals surface area contributed by atoms with Gasteiger partial charge in [-0.3, -0.25) is 10.8 Å². The molecule has 10 nitrogen and oxygen atoms in total. The molecule has 3 aliphatic heterocycles. The van der Waals surface area contributed by atoms with Gasteiger partial charge in [0, 0.05) is 78.5 Å². The summed E-state index contributed by atoms with van der Waals surface area (Å²) in [6.07, 6.45) is 9.25. The Balaban J connectivity index is 1.73. The van der Waals surface area contributed by atoms with Crippen molar-refractivity contribution < 1.29 is 0 Å². The van der Waals surface area contributed by atoms with Crippen molar-refractivity contribution in [1.82, 2.24) is 29.4 Å². The van der Waals surface area contributed by atoms with E-state index in [9.17, 15) is 0 Å². The van der Waals surface area contributed by atoms with Crippen LogP contribution in [0.15, 0.2) is 9.98 Å². The average Bonchev–Trinajstić information content (AvgIpc) is 3.32. The number of nitrogens with one attached hydrogen (secondary N) is 2. The average molecular weight is 643 g/mol. The number of hydrogen-bond donors (Lipinski definition) is 2. The lowest BCUT2D eigenvalue weighted by Crippen LogP contribution is -2.52. The van der Waals surface area contributed by atoms with Crippen molar-refractivity contribution >= 4 is 23.8 Å². The van der Waals surface area contributed by atoms with E-state index in [1.807, 2.05) is 0 Å². The molecule has 264 valence electrons. The molecule has 46 heavy (non-hydrogen) atoms. The molecule has 3 heterocycles. The summed E-state index contributed by atoms with van der Waals surface area (Å²) < 4.78 is 0. The first-order chi connectivity index (χ1) is 21.9. The fourth-order valence-electron chi connectivity index (χ4n) is 6.26. The van der Waals surface area contributed by atoms with Gasteiger partial charge in [-0.1, -0.05) is 55.4 Å². The Morgan fingerprint density at radius 2 is 0.696 bits per heavy atom. The largest absolute Gasteiger partial charge is 0.342 e. The maximum Gasteiger partial charge on any atom is 0.221 e. The van der Waals surface area contributed by atoms with Crippen LogP contribution >= 0.6 is 0 Å². The van der Waals surface area contributed by atoms with Crippen molar-refractivity contribution in [3.05, 3.63) is 0 Å². The summed E-state index contributed by atoms with van der Waals surface area (Å²) in [6.45, 7) is 29.1. The van der Waals surface area contributed by atoms with Gasteiger partial charge in [-0.25, -0.2) is 0 Å². The van der Waals surface area contributed by atoms with Crippen LogP contribution in [0.5, 0.6) is 0 Å². The van der Waals surface area contributed by atoms with E-state index in [1.54, 1.807) is 0 Å². The molecular weight excluding hydrogens is 572 g/mol. The van der Waals surface area contributed by atoms with E-state index in [-0.39, 0.29) is 0 Å². The minimum Gasteiger partial charge on any atom is -0.342 e. The zero-order chi connectivity index (χ0) is 33.6. The molecule has 0 bridgehead atoms. The van der Waals surface area contributed by atoms with Gasteiger partial charge in [0.05, 0.1) is 0 Å². The number of piperazine rings is 1. The first-order valence-electron chi connectivity index (χ1n) is 18.8. The Labute approximate surface area is 282 Å². The summed E-state index contributed by atoms with van der Waals surface area (Å²) in [5.41, 5.74) is 0. The van der Waals surface area contributed by atoms with Gasteiger partial charge in [0.2, 0.25) is 23.8 Å². The van der Waals surface area contributed by atoms with Gasteiger partial charge in [0.15, 0.2) is 0 Å². The van der Waals surface area contributed by atoms with Crippen molar-refractivity contribution in [2.24, 2.45) is 33.7 Å². The lowest BCUT2D eigenvalue weighted by atomic mass is 10.1. The molecule has 3 fully saturated rings. The molecule has 0 aliphatic carbocycles. The zero-order valence-electron chi connectivity index (χ0n) is 31.0. The van der Waals surface area contributed by atoms with E-state index in [2.05, 4.69) is 84.8 Å². The van der Waals surface area contributed by atoms with E-state index < -0.39 is 0 Å². The Morgan fingerprint density at radius 1 is 0.457 bits per heavy atom. The van der Waals surface area contributed by atoms with Gasteiger partial charge < -0.3 is 29.4 Å². The minimum atomic E-state index is 0.363.